The minimum atomic E-state index is -1.26. The fraction of sp³-hybridized carbons (Fsp3) is 0.269. The zero-order valence-corrected chi connectivity index (χ0v) is 20.7. The summed E-state index contributed by atoms with van der Waals surface area (Å²) in [5.41, 5.74) is 6.85. The van der Waals surface area contributed by atoms with E-state index in [0.717, 1.165) is 49.1 Å². The van der Waals surface area contributed by atoms with Crippen molar-refractivity contribution in [2.45, 2.75) is 18.8 Å². The number of carbonyl (C=O) groups excluding carboxylic acids is 2. The average Bonchev–Trinajstić information content (AvgIpc) is 3.31. The maximum absolute atomic E-state index is 13.4. The van der Waals surface area contributed by atoms with Gasteiger partial charge in [0.05, 0.1) is 16.6 Å². The molecule has 1 aliphatic heterocycles. The number of nitrogens with zero attached hydrogens (tertiary/aromatic N) is 2. The summed E-state index contributed by atoms with van der Waals surface area (Å²) in [6, 6.07) is 8.00. The Balaban J connectivity index is 0.000000459. The third kappa shape index (κ3) is 8.17. The third-order valence-electron chi connectivity index (χ3n) is 6.12. The number of aliphatic carboxylic acids is 2. The van der Waals surface area contributed by atoms with Crippen LogP contribution < -0.4 is 11.1 Å². The molecule has 0 unspecified atom stereocenters. The quantitative estimate of drug-likeness (QED) is 0.269. The maximum atomic E-state index is 13.4. The van der Waals surface area contributed by atoms with Crippen LogP contribution in [0, 0.1) is 11.6 Å². The second-order valence-corrected chi connectivity index (χ2v) is 8.73. The molecule has 4 rings (SSSR count). The highest BCUT2D eigenvalue weighted by Crippen LogP contribution is 2.31. The van der Waals surface area contributed by atoms with Crippen molar-refractivity contribution in [2.75, 3.05) is 26.2 Å². The molecule has 0 spiro atoms. The van der Waals surface area contributed by atoms with Gasteiger partial charge in [-0.2, -0.15) is 5.10 Å². The van der Waals surface area contributed by atoms with Crippen LogP contribution in [0.2, 0.25) is 0 Å². The van der Waals surface area contributed by atoms with Crippen molar-refractivity contribution in [3.63, 3.8) is 0 Å². The molecule has 1 saturated heterocycles. The largest absolute Gasteiger partial charge is 0.478 e. The Hall–Kier alpha value is -4.65. The predicted octanol–water partition coefficient (Wildman–Crippen LogP) is 2.26. The lowest BCUT2D eigenvalue weighted by molar-refractivity contribution is -0.134. The van der Waals surface area contributed by atoms with Crippen LogP contribution in [0.15, 0.2) is 48.6 Å². The molecule has 0 bridgehead atoms. The molecule has 6 N–H and O–H groups in total. The zero-order chi connectivity index (χ0) is 28.5. The van der Waals surface area contributed by atoms with Gasteiger partial charge < -0.3 is 26.2 Å². The van der Waals surface area contributed by atoms with Crippen molar-refractivity contribution in [1.29, 1.82) is 0 Å². The van der Waals surface area contributed by atoms with Crippen LogP contribution in [-0.4, -0.2) is 75.2 Å². The van der Waals surface area contributed by atoms with E-state index in [2.05, 4.69) is 20.4 Å². The molecule has 1 aliphatic rings. The van der Waals surface area contributed by atoms with Crippen LogP contribution >= 0.6 is 0 Å². The number of carboxylic acid groups (broad SMARTS) is 2. The molecule has 1 aromatic heterocycles. The number of primary amides is 1. The van der Waals surface area contributed by atoms with E-state index < -0.39 is 29.6 Å². The minimum absolute atomic E-state index is 0.0650. The standard InChI is InChI=1S/C22H23F2N5O2.C4H4O4/c23-14-1-3-16(18(11-14)21(25)30)22(31)26-7-10-29-8-5-13(6-9-29)20-17-4-2-15(24)12-19(17)27-28-20;5-3(6)1-2-4(7)8/h1-4,11-13H,5-10H2,(H2,25,30)(H,26,31)(H,27,28);1-2H,(H,5,6)(H,7,8)/b;2-1-. The van der Waals surface area contributed by atoms with Gasteiger partial charge in [-0.25, -0.2) is 18.4 Å². The fourth-order valence-corrected chi connectivity index (χ4v) is 4.25. The summed E-state index contributed by atoms with van der Waals surface area (Å²) >= 11 is 0. The van der Waals surface area contributed by atoms with Gasteiger partial charge in [0.15, 0.2) is 0 Å². The SMILES string of the molecule is NC(=O)c1cc(F)ccc1C(=O)NCCN1CCC(c2[nH]nc3cc(F)ccc23)CC1.O=C(O)/C=C\C(=O)O. The van der Waals surface area contributed by atoms with Crippen LogP contribution in [0.5, 0.6) is 0 Å². The van der Waals surface area contributed by atoms with Crippen molar-refractivity contribution < 1.29 is 38.2 Å². The van der Waals surface area contributed by atoms with Gasteiger partial charge in [0.1, 0.15) is 11.6 Å². The van der Waals surface area contributed by atoms with Crippen molar-refractivity contribution in [3.8, 4) is 0 Å². The lowest BCUT2D eigenvalue weighted by atomic mass is 9.91. The number of likely N-dealkylation sites (tertiary alicyclic amines) is 1. The summed E-state index contributed by atoms with van der Waals surface area (Å²) < 4.78 is 26.7. The average molecular weight is 544 g/mol. The number of nitrogens with two attached hydrogens (primary N) is 1. The number of aromatic nitrogens is 2. The van der Waals surface area contributed by atoms with Crippen molar-refractivity contribution in [1.82, 2.24) is 20.4 Å². The summed E-state index contributed by atoms with van der Waals surface area (Å²) in [6.07, 6.45) is 2.96. The van der Waals surface area contributed by atoms with E-state index in [1.807, 2.05) is 0 Å². The molecule has 0 radical (unpaired) electrons. The highest BCUT2D eigenvalue weighted by Gasteiger charge is 2.24. The van der Waals surface area contributed by atoms with Crippen molar-refractivity contribution in [2.24, 2.45) is 5.73 Å². The first kappa shape index (κ1) is 28.9. The van der Waals surface area contributed by atoms with Crippen LogP contribution in [-0.2, 0) is 9.59 Å². The highest BCUT2D eigenvalue weighted by molar-refractivity contribution is 6.06. The van der Waals surface area contributed by atoms with Gasteiger partial charge in [-0.15, -0.1) is 0 Å². The molecule has 3 aromatic rings. The molecular formula is C26H27F2N5O6. The van der Waals surface area contributed by atoms with Crippen molar-refractivity contribution in [3.05, 3.63) is 77.0 Å². The van der Waals surface area contributed by atoms with Gasteiger partial charge >= 0.3 is 11.9 Å². The second-order valence-electron chi connectivity index (χ2n) is 8.73. The molecule has 13 heteroatoms. The van der Waals surface area contributed by atoms with Crippen LogP contribution in [0.25, 0.3) is 10.9 Å². The summed E-state index contributed by atoms with van der Waals surface area (Å²) in [5, 5.41) is 26.6. The van der Waals surface area contributed by atoms with Gasteiger partial charge in [0.2, 0.25) is 5.91 Å². The number of H-pyrrole nitrogens is 1. The first-order valence-corrected chi connectivity index (χ1v) is 11.9. The topological polar surface area (TPSA) is 179 Å². The molecule has 2 aromatic carbocycles. The van der Waals surface area contributed by atoms with Crippen molar-refractivity contribution >= 4 is 34.7 Å². The number of nitrogens with one attached hydrogen (secondary N) is 2. The number of carboxylic acids is 2. The second kappa shape index (κ2) is 13.2. The van der Waals surface area contributed by atoms with E-state index in [-0.39, 0.29) is 16.9 Å². The van der Waals surface area contributed by atoms with E-state index in [1.165, 1.54) is 18.2 Å². The number of aromatic amines is 1. The Morgan fingerprint density at radius 2 is 1.62 bits per heavy atom. The first-order chi connectivity index (χ1) is 18.5. The number of hydrogen-bond donors (Lipinski definition) is 5. The molecule has 0 saturated carbocycles. The molecule has 11 nitrogen and oxygen atoms in total. The monoisotopic (exact) mass is 543 g/mol. The number of fused-ring (bicyclic) bond motifs is 1. The third-order valence-corrected chi connectivity index (χ3v) is 6.12. The minimum Gasteiger partial charge on any atom is -0.478 e. The lowest BCUT2D eigenvalue weighted by Crippen LogP contribution is -2.39. The van der Waals surface area contributed by atoms with E-state index in [0.29, 0.717) is 36.7 Å². The Bertz CT molecular complexity index is 1380. The van der Waals surface area contributed by atoms with E-state index in [1.54, 1.807) is 6.07 Å². The molecular weight excluding hydrogens is 516 g/mol. The van der Waals surface area contributed by atoms with Gasteiger partial charge in [-0.1, -0.05) is 0 Å². The summed E-state index contributed by atoms with van der Waals surface area (Å²) in [4.78, 5) is 45.2. The maximum Gasteiger partial charge on any atom is 0.328 e. The number of halogens is 2. The summed E-state index contributed by atoms with van der Waals surface area (Å²) in [5.74, 6) is -4.42. The van der Waals surface area contributed by atoms with E-state index in [9.17, 15) is 28.0 Å². The van der Waals surface area contributed by atoms with Gasteiger partial charge in [-0.3, -0.25) is 14.7 Å². The van der Waals surface area contributed by atoms with Crippen LogP contribution in [0.3, 0.4) is 0 Å². The molecule has 39 heavy (non-hydrogen) atoms. The number of hydrogen-bond acceptors (Lipinski definition) is 6. The fourth-order valence-electron chi connectivity index (χ4n) is 4.25. The Morgan fingerprint density at radius 3 is 2.23 bits per heavy atom. The Labute approximate surface area is 221 Å². The Kier molecular flexibility index (Phi) is 9.81. The number of piperidine rings is 1. The van der Waals surface area contributed by atoms with Gasteiger partial charge in [0.25, 0.3) is 5.91 Å². The number of carbonyl (C=O) groups is 4. The highest BCUT2D eigenvalue weighted by atomic mass is 19.1. The summed E-state index contributed by atoms with van der Waals surface area (Å²) in [6.45, 7) is 2.75. The summed E-state index contributed by atoms with van der Waals surface area (Å²) in [7, 11) is 0. The molecule has 0 atom stereocenters. The first-order valence-electron chi connectivity index (χ1n) is 11.9. The van der Waals surface area contributed by atoms with E-state index >= 15 is 0 Å². The lowest BCUT2D eigenvalue weighted by Gasteiger charge is -2.31. The molecule has 206 valence electrons. The number of amides is 2. The number of benzene rings is 2. The smallest absolute Gasteiger partial charge is 0.328 e. The zero-order valence-electron chi connectivity index (χ0n) is 20.7. The molecule has 2 heterocycles. The van der Waals surface area contributed by atoms with Gasteiger partial charge in [-0.05, 0) is 56.3 Å². The van der Waals surface area contributed by atoms with Gasteiger partial charge in [0, 0.05) is 48.3 Å². The molecule has 2 amide bonds. The molecule has 0 aliphatic carbocycles. The Morgan fingerprint density at radius 1 is 1.00 bits per heavy atom. The normalized spacial score (nSPS) is 14.1. The van der Waals surface area contributed by atoms with Crippen LogP contribution in [0.1, 0.15) is 45.2 Å². The molecule has 1 fully saturated rings. The number of rotatable bonds is 8. The van der Waals surface area contributed by atoms with Crippen LogP contribution in [0.4, 0.5) is 8.78 Å². The van der Waals surface area contributed by atoms with E-state index in [4.69, 9.17) is 15.9 Å². The predicted molar refractivity (Wildman–Crippen MR) is 136 cm³/mol.